The minimum absolute atomic E-state index is 0.0783. The highest BCUT2D eigenvalue weighted by Gasteiger charge is 2.31. The number of ether oxygens (including phenoxy) is 1. The number of nitrogens with one attached hydrogen (secondary N) is 1. The number of hydrogen-bond acceptors (Lipinski definition) is 6. The van der Waals surface area contributed by atoms with Crippen LogP contribution in [0.15, 0.2) is 46.9 Å². The number of nitro benzene ring substituents is 1. The van der Waals surface area contributed by atoms with Crippen LogP contribution in [0.3, 0.4) is 0 Å². The Kier molecular flexibility index (Phi) is 6.46. The van der Waals surface area contributed by atoms with Crippen LogP contribution in [0.1, 0.15) is 26.3 Å². The molecule has 1 N–H and O–H groups in total. The van der Waals surface area contributed by atoms with E-state index in [0.717, 1.165) is 0 Å². The molecule has 2 aromatic carbocycles. The summed E-state index contributed by atoms with van der Waals surface area (Å²) in [6.45, 7) is 7.00. The second-order valence-corrected chi connectivity index (χ2v) is 9.97. The Bertz CT molecular complexity index is 1280. The van der Waals surface area contributed by atoms with E-state index in [-0.39, 0.29) is 23.7 Å². The maximum atomic E-state index is 13.3. The molecule has 1 aliphatic rings. The number of non-ortho nitro benzene ring substituents is 1. The fourth-order valence-corrected chi connectivity index (χ4v) is 4.78. The van der Waals surface area contributed by atoms with E-state index >= 15 is 0 Å². The molecule has 0 unspecified atom stereocenters. The van der Waals surface area contributed by atoms with Crippen molar-refractivity contribution in [2.45, 2.75) is 32.9 Å². The number of halogens is 1. The normalized spacial score (nSPS) is 14.8. The summed E-state index contributed by atoms with van der Waals surface area (Å²) in [7, 11) is 0. The van der Waals surface area contributed by atoms with Crippen molar-refractivity contribution in [3.05, 3.63) is 62.6 Å². The first-order valence-corrected chi connectivity index (χ1v) is 11.6. The molecule has 0 radical (unpaired) electrons. The predicted octanol–water partition coefficient (Wildman–Crippen LogP) is 4.69. The second-order valence-electron chi connectivity index (χ2n) is 9.17. The first-order chi connectivity index (χ1) is 16.0. The number of benzene rings is 2. The number of carbonyl (C=O) groups excluding carboxylic acids is 2. The molecular formula is C24H25BrN4O5. The molecule has 1 aliphatic heterocycles. The minimum Gasteiger partial charge on any atom is -0.443 e. The Morgan fingerprint density at radius 2 is 1.94 bits per heavy atom. The molecule has 0 aliphatic carbocycles. The zero-order valence-corrected chi connectivity index (χ0v) is 20.7. The standard InChI is InChI=1S/C24H25BrN4O5/c1-24(2,3)34-23(31)28-21(16-7-5-4-6-8-16)20(25)17-11-15(12-18(22(17)28)29(32)33)13-27-10-9-26-19(30)14-27/h4-8,11-12H,9-10,13-14H2,1-3H3,(H,26,30). The van der Waals surface area contributed by atoms with E-state index < -0.39 is 16.6 Å². The lowest BCUT2D eigenvalue weighted by Crippen LogP contribution is -2.47. The third kappa shape index (κ3) is 4.83. The maximum absolute atomic E-state index is 13.3. The molecule has 9 nitrogen and oxygen atoms in total. The van der Waals surface area contributed by atoms with Gasteiger partial charge in [-0.2, -0.15) is 0 Å². The van der Waals surface area contributed by atoms with Crippen LogP contribution in [-0.2, 0) is 16.1 Å². The average molecular weight is 529 g/mol. The van der Waals surface area contributed by atoms with Gasteiger partial charge in [0.1, 0.15) is 11.1 Å². The highest BCUT2D eigenvalue weighted by Crippen LogP contribution is 2.42. The third-order valence-corrected chi connectivity index (χ3v) is 6.19. The molecule has 0 saturated carbocycles. The molecule has 0 spiro atoms. The molecule has 0 bridgehead atoms. The molecule has 2 heterocycles. The van der Waals surface area contributed by atoms with E-state index in [4.69, 9.17) is 4.74 Å². The van der Waals surface area contributed by atoms with E-state index in [1.165, 1.54) is 10.6 Å². The van der Waals surface area contributed by atoms with Gasteiger partial charge in [-0.1, -0.05) is 30.3 Å². The number of nitrogens with zero attached hydrogens (tertiary/aromatic N) is 3. The average Bonchev–Trinajstić information content (AvgIpc) is 3.05. The molecule has 10 heteroatoms. The molecule has 3 aromatic rings. The van der Waals surface area contributed by atoms with Gasteiger partial charge in [0.05, 0.1) is 21.6 Å². The van der Waals surface area contributed by atoms with Gasteiger partial charge in [0, 0.05) is 31.1 Å². The van der Waals surface area contributed by atoms with E-state index in [1.54, 1.807) is 20.8 Å². The van der Waals surface area contributed by atoms with Crippen molar-refractivity contribution >= 4 is 44.5 Å². The fraction of sp³-hybridized carbons (Fsp3) is 0.333. The zero-order chi connectivity index (χ0) is 24.6. The highest BCUT2D eigenvalue weighted by atomic mass is 79.9. The van der Waals surface area contributed by atoms with Gasteiger partial charge in [-0.05, 0) is 53.9 Å². The quantitative estimate of drug-likeness (QED) is 0.388. The summed E-state index contributed by atoms with van der Waals surface area (Å²) in [4.78, 5) is 38.7. The highest BCUT2D eigenvalue weighted by molar-refractivity contribution is 9.10. The Morgan fingerprint density at radius 1 is 1.24 bits per heavy atom. The van der Waals surface area contributed by atoms with Gasteiger partial charge in [-0.3, -0.25) is 19.8 Å². The number of fused-ring (bicyclic) bond motifs is 1. The number of amides is 1. The third-order valence-electron chi connectivity index (χ3n) is 5.38. The van der Waals surface area contributed by atoms with E-state index in [9.17, 15) is 19.7 Å². The molecule has 0 atom stereocenters. The van der Waals surface area contributed by atoms with Gasteiger partial charge in [0.25, 0.3) is 5.69 Å². The summed E-state index contributed by atoms with van der Waals surface area (Å²) in [5, 5.41) is 15.5. The van der Waals surface area contributed by atoms with Crippen molar-refractivity contribution in [1.82, 2.24) is 14.8 Å². The topological polar surface area (TPSA) is 107 Å². The SMILES string of the molecule is CC(C)(C)OC(=O)n1c(-c2ccccc2)c(Br)c2cc(CN3CCNC(=O)C3)cc([N+](=O)[O-])c21. The minimum atomic E-state index is -0.794. The number of rotatable bonds is 4. The summed E-state index contributed by atoms with van der Waals surface area (Å²) in [6, 6.07) is 12.5. The van der Waals surface area contributed by atoms with E-state index in [0.29, 0.717) is 46.3 Å². The lowest BCUT2D eigenvalue weighted by molar-refractivity contribution is -0.383. The van der Waals surface area contributed by atoms with Crippen LogP contribution >= 0.6 is 15.9 Å². The summed E-state index contributed by atoms with van der Waals surface area (Å²) in [6.07, 6.45) is -0.703. The molecule has 4 rings (SSSR count). The number of hydrogen-bond donors (Lipinski definition) is 1. The van der Waals surface area contributed by atoms with Gasteiger partial charge in [0.15, 0.2) is 0 Å². The van der Waals surface area contributed by atoms with Crippen LogP contribution < -0.4 is 5.32 Å². The molecule has 1 fully saturated rings. The van der Waals surface area contributed by atoms with Gasteiger partial charge in [-0.15, -0.1) is 0 Å². The summed E-state index contributed by atoms with van der Waals surface area (Å²) >= 11 is 3.61. The van der Waals surface area contributed by atoms with Crippen molar-refractivity contribution in [2.75, 3.05) is 19.6 Å². The van der Waals surface area contributed by atoms with Crippen LogP contribution in [-0.4, -0.2) is 51.6 Å². The first kappa shape index (κ1) is 23.9. The molecule has 1 saturated heterocycles. The lowest BCUT2D eigenvalue weighted by Gasteiger charge is -2.26. The van der Waals surface area contributed by atoms with Crippen molar-refractivity contribution in [3.8, 4) is 11.3 Å². The zero-order valence-electron chi connectivity index (χ0n) is 19.1. The van der Waals surface area contributed by atoms with Crippen LogP contribution in [0.25, 0.3) is 22.2 Å². The number of carbonyl (C=O) groups is 2. The first-order valence-electron chi connectivity index (χ1n) is 10.8. The fourth-order valence-electron chi connectivity index (χ4n) is 4.07. The molecule has 1 aromatic heterocycles. The Hall–Kier alpha value is -3.24. The summed E-state index contributed by atoms with van der Waals surface area (Å²) in [5.41, 5.74) is 1.02. The summed E-state index contributed by atoms with van der Waals surface area (Å²) in [5.74, 6) is -0.0783. The molecular weight excluding hydrogens is 504 g/mol. The largest absolute Gasteiger partial charge is 0.443 e. The lowest BCUT2D eigenvalue weighted by atomic mass is 10.1. The van der Waals surface area contributed by atoms with Crippen molar-refractivity contribution in [1.29, 1.82) is 0 Å². The summed E-state index contributed by atoms with van der Waals surface area (Å²) < 4.78 is 7.46. The number of nitro groups is 1. The van der Waals surface area contributed by atoms with Crippen LogP contribution in [0, 0.1) is 10.1 Å². The van der Waals surface area contributed by atoms with Gasteiger partial charge in [-0.25, -0.2) is 9.36 Å². The van der Waals surface area contributed by atoms with Gasteiger partial charge in [0.2, 0.25) is 5.91 Å². The van der Waals surface area contributed by atoms with Crippen molar-refractivity contribution in [2.24, 2.45) is 0 Å². The molecule has 34 heavy (non-hydrogen) atoms. The van der Waals surface area contributed by atoms with Crippen LogP contribution in [0.2, 0.25) is 0 Å². The predicted molar refractivity (Wildman–Crippen MR) is 132 cm³/mol. The van der Waals surface area contributed by atoms with E-state index in [1.807, 2.05) is 41.3 Å². The second kappa shape index (κ2) is 9.19. The molecule has 1 amide bonds. The van der Waals surface area contributed by atoms with E-state index in [2.05, 4.69) is 21.2 Å². The van der Waals surface area contributed by atoms with Gasteiger partial charge >= 0.3 is 6.09 Å². The monoisotopic (exact) mass is 528 g/mol. The van der Waals surface area contributed by atoms with Gasteiger partial charge < -0.3 is 10.1 Å². The Balaban J connectivity index is 1.95. The van der Waals surface area contributed by atoms with Crippen molar-refractivity contribution in [3.63, 3.8) is 0 Å². The maximum Gasteiger partial charge on any atom is 0.419 e. The Morgan fingerprint density at radius 3 is 2.56 bits per heavy atom. The van der Waals surface area contributed by atoms with Crippen LogP contribution in [0.4, 0.5) is 10.5 Å². The number of piperazine rings is 1. The Labute approximate surface area is 204 Å². The smallest absolute Gasteiger partial charge is 0.419 e. The number of aromatic nitrogens is 1. The van der Waals surface area contributed by atoms with Crippen LogP contribution in [0.5, 0.6) is 0 Å². The van der Waals surface area contributed by atoms with Crippen molar-refractivity contribution < 1.29 is 19.2 Å². The molecule has 178 valence electrons.